The van der Waals surface area contributed by atoms with Crippen LogP contribution in [0.4, 0.5) is 0 Å². The zero-order valence-electron chi connectivity index (χ0n) is 18.1. The number of nitrogens with zero attached hydrogens (tertiary/aromatic N) is 1. The molecule has 0 bridgehead atoms. The molecule has 1 unspecified atom stereocenters. The summed E-state index contributed by atoms with van der Waals surface area (Å²) in [5, 5.41) is 3.44. The summed E-state index contributed by atoms with van der Waals surface area (Å²) in [4.78, 5) is 12.8. The number of sulfonamides is 1. The van der Waals surface area contributed by atoms with Gasteiger partial charge in [-0.25, -0.2) is 8.42 Å². The predicted octanol–water partition coefficient (Wildman–Crippen LogP) is 4.29. The van der Waals surface area contributed by atoms with E-state index in [0.29, 0.717) is 29.4 Å². The summed E-state index contributed by atoms with van der Waals surface area (Å²) in [6.45, 7) is 2.35. The van der Waals surface area contributed by atoms with Crippen LogP contribution in [0.1, 0.15) is 31.4 Å². The Balaban J connectivity index is 1.62. The molecular formula is C22H26Cl2N2O5S. The summed E-state index contributed by atoms with van der Waals surface area (Å²) in [6, 6.07) is 9.61. The van der Waals surface area contributed by atoms with Crippen molar-refractivity contribution < 1.29 is 22.7 Å². The first-order valence-electron chi connectivity index (χ1n) is 10.1. The van der Waals surface area contributed by atoms with E-state index in [0.717, 1.165) is 5.56 Å². The summed E-state index contributed by atoms with van der Waals surface area (Å²) in [5.74, 6) is 0.816. The number of carbonyl (C=O) groups is 1. The summed E-state index contributed by atoms with van der Waals surface area (Å²) in [5.41, 5.74) is 0.881. The Morgan fingerprint density at radius 1 is 1.06 bits per heavy atom. The highest BCUT2D eigenvalue weighted by Gasteiger charge is 2.33. The third kappa shape index (κ3) is 5.31. The SMILES string of the molecule is COc1ccc(C(C)NC(=O)C2CCN(S(=O)(=O)c3cc(Cl)ccc3Cl)CC2)cc1OC. The summed E-state index contributed by atoms with van der Waals surface area (Å²) >= 11 is 12.0. The number of piperidine rings is 1. The van der Waals surface area contributed by atoms with Crippen LogP contribution in [0.3, 0.4) is 0 Å². The Labute approximate surface area is 198 Å². The highest BCUT2D eigenvalue weighted by atomic mass is 35.5. The molecule has 32 heavy (non-hydrogen) atoms. The minimum atomic E-state index is -3.79. The normalized spacial score (nSPS) is 16.4. The average Bonchev–Trinajstić information content (AvgIpc) is 2.80. The van der Waals surface area contributed by atoms with Crippen molar-refractivity contribution in [3.05, 3.63) is 52.0 Å². The van der Waals surface area contributed by atoms with E-state index in [-0.39, 0.29) is 40.9 Å². The van der Waals surface area contributed by atoms with Crippen LogP contribution in [0.15, 0.2) is 41.3 Å². The molecule has 2 aromatic rings. The van der Waals surface area contributed by atoms with Gasteiger partial charge < -0.3 is 14.8 Å². The molecule has 1 saturated heterocycles. The fourth-order valence-electron chi connectivity index (χ4n) is 3.71. The molecule has 0 saturated carbocycles. The molecule has 1 aliphatic heterocycles. The van der Waals surface area contributed by atoms with Crippen molar-refractivity contribution in [3.8, 4) is 11.5 Å². The van der Waals surface area contributed by atoms with Gasteiger partial charge in [-0.3, -0.25) is 4.79 Å². The van der Waals surface area contributed by atoms with Crippen LogP contribution >= 0.6 is 23.2 Å². The molecule has 1 heterocycles. The van der Waals surface area contributed by atoms with Crippen LogP contribution < -0.4 is 14.8 Å². The highest BCUT2D eigenvalue weighted by molar-refractivity contribution is 7.89. The third-order valence-corrected chi connectivity index (χ3v) is 8.22. The van der Waals surface area contributed by atoms with Gasteiger partial charge in [0.2, 0.25) is 15.9 Å². The van der Waals surface area contributed by atoms with E-state index in [9.17, 15) is 13.2 Å². The summed E-state index contributed by atoms with van der Waals surface area (Å²) in [7, 11) is -0.661. The second kappa shape index (κ2) is 10.3. The molecule has 2 aromatic carbocycles. The van der Waals surface area contributed by atoms with Gasteiger partial charge in [0.25, 0.3) is 0 Å². The van der Waals surface area contributed by atoms with Crippen LogP contribution in [-0.4, -0.2) is 45.9 Å². The van der Waals surface area contributed by atoms with Gasteiger partial charge in [0.05, 0.1) is 25.3 Å². The van der Waals surface area contributed by atoms with E-state index in [1.807, 2.05) is 19.1 Å². The number of hydrogen-bond acceptors (Lipinski definition) is 5. The maximum atomic E-state index is 13.0. The molecule has 0 aliphatic carbocycles. The fourth-order valence-corrected chi connectivity index (χ4v) is 5.92. The number of benzene rings is 2. The second-order valence-electron chi connectivity index (χ2n) is 7.60. The first-order chi connectivity index (χ1) is 15.2. The molecule has 10 heteroatoms. The van der Waals surface area contributed by atoms with Crippen molar-refractivity contribution >= 4 is 39.1 Å². The van der Waals surface area contributed by atoms with Crippen molar-refractivity contribution in [2.45, 2.75) is 30.7 Å². The van der Waals surface area contributed by atoms with Crippen LogP contribution in [-0.2, 0) is 14.8 Å². The standard InChI is InChI=1S/C22H26Cl2N2O5S/c1-14(16-4-7-19(30-2)20(12-16)31-3)25-22(27)15-8-10-26(11-9-15)32(28,29)21-13-17(23)5-6-18(21)24/h4-7,12-15H,8-11H2,1-3H3,(H,25,27). The Kier molecular flexibility index (Phi) is 7.92. The van der Waals surface area contributed by atoms with E-state index < -0.39 is 10.0 Å². The fraction of sp³-hybridized carbons (Fsp3) is 0.409. The molecule has 0 aromatic heterocycles. The van der Waals surface area contributed by atoms with Crippen molar-refractivity contribution in [3.63, 3.8) is 0 Å². The number of amides is 1. The first kappa shape index (κ1) is 24.6. The Morgan fingerprint density at radius 3 is 2.34 bits per heavy atom. The van der Waals surface area contributed by atoms with Crippen LogP contribution in [0, 0.1) is 5.92 Å². The van der Waals surface area contributed by atoms with E-state index >= 15 is 0 Å². The minimum absolute atomic E-state index is 0.0170. The lowest BCUT2D eigenvalue weighted by Crippen LogP contribution is -2.43. The largest absolute Gasteiger partial charge is 0.493 e. The number of nitrogens with one attached hydrogen (secondary N) is 1. The van der Waals surface area contributed by atoms with Gasteiger partial charge in [-0.2, -0.15) is 4.31 Å². The lowest BCUT2D eigenvalue weighted by molar-refractivity contribution is -0.126. The topological polar surface area (TPSA) is 84.9 Å². The van der Waals surface area contributed by atoms with Crippen molar-refractivity contribution in [2.75, 3.05) is 27.3 Å². The Morgan fingerprint density at radius 2 is 1.72 bits per heavy atom. The highest BCUT2D eigenvalue weighted by Crippen LogP contribution is 2.32. The van der Waals surface area contributed by atoms with Crippen molar-refractivity contribution in [1.29, 1.82) is 0 Å². The molecular weight excluding hydrogens is 475 g/mol. The lowest BCUT2D eigenvalue weighted by Gasteiger charge is -2.31. The maximum absolute atomic E-state index is 13.0. The maximum Gasteiger partial charge on any atom is 0.244 e. The van der Waals surface area contributed by atoms with Crippen LogP contribution in [0.25, 0.3) is 0 Å². The predicted molar refractivity (Wildman–Crippen MR) is 124 cm³/mol. The molecule has 3 rings (SSSR count). The van der Waals surface area contributed by atoms with Gasteiger partial charge in [0.1, 0.15) is 4.90 Å². The number of ether oxygens (including phenoxy) is 2. The molecule has 0 radical (unpaired) electrons. The van der Waals surface area contributed by atoms with E-state index in [2.05, 4.69) is 5.32 Å². The van der Waals surface area contributed by atoms with Gasteiger partial charge in [0, 0.05) is 24.0 Å². The molecule has 1 N–H and O–H groups in total. The first-order valence-corrected chi connectivity index (χ1v) is 12.3. The van der Waals surface area contributed by atoms with Gasteiger partial charge in [0.15, 0.2) is 11.5 Å². The van der Waals surface area contributed by atoms with Gasteiger partial charge in [-0.05, 0) is 55.7 Å². The van der Waals surface area contributed by atoms with Crippen molar-refractivity contribution in [2.24, 2.45) is 5.92 Å². The minimum Gasteiger partial charge on any atom is -0.493 e. The molecule has 174 valence electrons. The zero-order valence-corrected chi connectivity index (χ0v) is 20.4. The Hall–Kier alpha value is -2.00. The van der Waals surface area contributed by atoms with E-state index in [1.54, 1.807) is 26.4 Å². The van der Waals surface area contributed by atoms with Gasteiger partial charge in [-0.15, -0.1) is 0 Å². The molecule has 1 fully saturated rings. The number of carbonyl (C=O) groups excluding carboxylic acids is 1. The second-order valence-corrected chi connectivity index (χ2v) is 10.3. The van der Waals surface area contributed by atoms with Gasteiger partial charge >= 0.3 is 0 Å². The third-order valence-electron chi connectivity index (χ3n) is 5.60. The monoisotopic (exact) mass is 500 g/mol. The van der Waals surface area contributed by atoms with E-state index in [1.165, 1.54) is 16.4 Å². The molecule has 7 nitrogen and oxygen atoms in total. The lowest BCUT2D eigenvalue weighted by atomic mass is 9.96. The molecule has 0 spiro atoms. The number of halogens is 2. The summed E-state index contributed by atoms with van der Waals surface area (Å²) in [6.07, 6.45) is 0.837. The smallest absolute Gasteiger partial charge is 0.244 e. The van der Waals surface area contributed by atoms with E-state index in [4.69, 9.17) is 32.7 Å². The molecule has 1 atom stereocenters. The average molecular weight is 501 g/mol. The number of methoxy groups -OCH3 is 2. The summed E-state index contributed by atoms with van der Waals surface area (Å²) < 4.78 is 37.9. The molecule has 1 amide bonds. The number of rotatable bonds is 7. The van der Waals surface area contributed by atoms with Gasteiger partial charge in [-0.1, -0.05) is 29.3 Å². The van der Waals surface area contributed by atoms with Crippen LogP contribution in [0.2, 0.25) is 10.0 Å². The van der Waals surface area contributed by atoms with Crippen molar-refractivity contribution in [1.82, 2.24) is 9.62 Å². The zero-order chi connectivity index (χ0) is 23.5. The Bertz CT molecular complexity index is 1090. The molecule has 1 aliphatic rings. The van der Waals surface area contributed by atoms with Crippen LogP contribution in [0.5, 0.6) is 11.5 Å². The quantitative estimate of drug-likeness (QED) is 0.612. The number of hydrogen-bond donors (Lipinski definition) is 1.